The van der Waals surface area contributed by atoms with Gasteiger partial charge in [-0.3, -0.25) is 4.79 Å². The maximum absolute atomic E-state index is 11.8. The van der Waals surface area contributed by atoms with Crippen LogP contribution >= 0.6 is 0 Å². The first-order valence-corrected chi connectivity index (χ1v) is 6.00. The van der Waals surface area contributed by atoms with E-state index in [0.29, 0.717) is 12.8 Å². The number of carbonyl (C=O) groups is 1. The van der Waals surface area contributed by atoms with Crippen LogP contribution in [0.4, 0.5) is 0 Å². The Morgan fingerprint density at radius 2 is 1.76 bits per heavy atom. The molecule has 6 atom stereocenters. The fourth-order valence-electron chi connectivity index (χ4n) is 2.85. The molecule has 2 rings (SSSR count). The Morgan fingerprint density at radius 1 is 1.12 bits per heavy atom. The molecule has 2 fully saturated rings. The Morgan fingerprint density at radius 3 is 2.29 bits per heavy atom. The SMILES string of the molecule is CCCC(=O)N1[C@@H]2[C@H](CO)[C@@H](O)[C@H](O)[C@@H](O)[C@@H]21. The molecule has 0 radical (unpaired) electrons. The first-order valence-electron chi connectivity index (χ1n) is 6.00. The van der Waals surface area contributed by atoms with Gasteiger partial charge in [-0.1, -0.05) is 6.92 Å². The van der Waals surface area contributed by atoms with E-state index in [-0.39, 0.29) is 18.6 Å². The zero-order chi connectivity index (χ0) is 12.7. The van der Waals surface area contributed by atoms with E-state index in [2.05, 4.69) is 0 Å². The first kappa shape index (κ1) is 12.8. The van der Waals surface area contributed by atoms with Crippen LogP contribution in [0.2, 0.25) is 0 Å². The molecule has 0 aromatic rings. The lowest BCUT2D eigenvalue weighted by molar-refractivity contribution is -0.127. The van der Waals surface area contributed by atoms with Crippen LogP contribution in [-0.4, -0.2) is 68.2 Å². The minimum absolute atomic E-state index is 0.0960. The van der Waals surface area contributed by atoms with Gasteiger partial charge in [0.2, 0.25) is 5.91 Å². The number of likely N-dealkylation sites (tertiary alicyclic amines) is 1. The number of rotatable bonds is 3. The monoisotopic (exact) mass is 245 g/mol. The summed E-state index contributed by atoms with van der Waals surface area (Å²) < 4.78 is 0. The van der Waals surface area contributed by atoms with Gasteiger partial charge in [0.1, 0.15) is 12.2 Å². The van der Waals surface area contributed by atoms with Crippen molar-refractivity contribution in [1.82, 2.24) is 4.90 Å². The minimum atomic E-state index is -1.30. The molecule has 1 saturated carbocycles. The van der Waals surface area contributed by atoms with Gasteiger partial charge in [-0.25, -0.2) is 0 Å². The van der Waals surface area contributed by atoms with E-state index in [1.54, 1.807) is 0 Å². The lowest BCUT2D eigenvalue weighted by atomic mass is 9.83. The lowest BCUT2D eigenvalue weighted by Crippen LogP contribution is -2.52. The van der Waals surface area contributed by atoms with Crippen LogP contribution in [-0.2, 0) is 4.79 Å². The fraction of sp³-hybridized carbons (Fsp3) is 0.909. The third-order valence-corrected chi connectivity index (χ3v) is 3.79. The number of hydrogen-bond donors (Lipinski definition) is 4. The summed E-state index contributed by atoms with van der Waals surface area (Å²) >= 11 is 0. The zero-order valence-electron chi connectivity index (χ0n) is 9.73. The molecule has 1 aliphatic carbocycles. The van der Waals surface area contributed by atoms with Crippen molar-refractivity contribution in [3.8, 4) is 0 Å². The largest absolute Gasteiger partial charge is 0.396 e. The Hall–Kier alpha value is -0.690. The molecule has 6 heteroatoms. The van der Waals surface area contributed by atoms with Crippen LogP contribution in [0.5, 0.6) is 0 Å². The average Bonchev–Trinajstić information content (AvgIpc) is 3.02. The zero-order valence-corrected chi connectivity index (χ0v) is 9.73. The van der Waals surface area contributed by atoms with Gasteiger partial charge in [0.25, 0.3) is 0 Å². The quantitative estimate of drug-likeness (QED) is 0.434. The van der Waals surface area contributed by atoms with E-state index >= 15 is 0 Å². The molecule has 1 heterocycles. The van der Waals surface area contributed by atoms with E-state index in [1.165, 1.54) is 4.90 Å². The number of aliphatic hydroxyl groups excluding tert-OH is 4. The number of amides is 1. The van der Waals surface area contributed by atoms with Crippen molar-refractivity contribution in [2.45, 2.75) is 50.2 Å². The van der Waals surface area contributed by atoms with Gasteiger partial charge in [-0.15, -0.1) is 0 Å². The summed E-state index contributed by atoms with van der Waals surface area (Å²) in [4.78, 5) is 13.2. The fourth-order valence-corrected chi connectivity index (χ4v) is 2.85. The normalized spacial score (nSPS) is 44.4. The summed E-state index contributed by atoms with van der Waals surface area (Å²) in [6.07, 6.45) is -2.52. The number of carbonyl (C=O) groups excluding carboxylic acids is 1. The molecule has 1 saturated heterocycles. The molecule has 0 aromatic carbocycles. The Bertz CT molecular complexity index is 310. The molecule has 2 aliphatic rings. The summed E-state index contributed by atoms with van der Waals surface area (Å²) in [6, 6.07) is -0.794. The minimum Gasteiger partial charge on any atom is -0.396 e. The number of aliphatic hydroxyl groups is 4. The predicted octanol–water partition coefficient (Wildman–Crippen LogP) is -1.93. The Balaban J connectivity index is 2.13. The van der Waals surface area contributed by atoms with Gasteiger partial charge in [-0.05, 0) is 6.42 Å². The van der Waals surface area contributed by atoms with Crippen molar-refractivity contribution >= 4 is 5.91 Å². The average molecular weight is 245 g/mol. The summed E-state index contributed by atoms with van der Waals surface area (Å²) in [5.41, 5.74) is 0. The van der Waals surface area contributed by atoms with Crippen LogP contribution in [0, 0.1) is 5.92 Å². The third kappa shape index (κ3) is 1.85. The second-order valence-electron chi connectivity index (χ2n) is 4.85. The van der Waals surface area contributed by atoms with Gasteiger partial charge < -0.3 is 25.3 Å². The highest BCUT2D eigenvalue weighted by Gasteiger charge is 2.65. The van der Waals surface area contributed by atoms with E-state index < -0.39 is 30.3 Å². The molecule has 1 aliphatic heterocycles. The second kappa shape index (κ2) is 4.53. The van der Waals surface area contributed by atoms with E-state index in [0.717, 1.165) is 0 Å². The first-order chi connectivity index (χ1) is 8.04. The highest BCUT2D eigenvalue weighted by molar-refractivity contribution is 5.80. The van der Waals surface area contributed by atoms with Gasteiger partial charge in [0, 0.05) is 12.3 Å². The summed E-state index contributed by atoms with van der Waals surface area (Å²) in [5, 5.41) is 38.3. The van der Waals surface area contributed by atoms with Gasteiger partial charge in [-0.2, -0.15) is 0 Å². The Labute approximate surface area is 99.5 Å². The van der Waals surface area contributed by atoms with Gasteiger partial charge in [0.05, 0.1) is 24.8 Å². The van der Waals surface area contributed by atoms with Crippen molar-refractivity contribution in [3.05, 3.63) is 0 Å². The van der Waals surface area contributed by atoms with Crippen molar-refractivity contribution < 1.29 is 25.2 Å². The molecule has 17 heavy (non-hydrogen) atoms. The molecular weight excluding hydrogens is 226 g/mol. The van der Waals surface area contributed by atoms with Crippen molar-refractivity contribution in [2.75, 3.05) is 6.61 Å². The van der Waals surface area contributed by atoms with Crippen LogP contribution in [0.3, 0.4) is 0 Å². The summed E-state index contributed by atoms with van der Waals surface area (Å²) in [7, 11) is 0. The summed E-state index contributed by atoms with van der Waals surface area (Å²) in [5.74, 6) is -0.666. The van der Waals surface area contributed by atoms with E-state index in [9.17, 15) is 25.2 Å². The predicted molar refractivity (Wildman–Crippen MR) is 57.9 cm³/mol. The maximum atomic E-state index is 11.8. The maximum Gasteiger partial charge on any atom is 0.223 e. The summed E-state index contributed by atoms with van der Waals surface area (Å²) in [6.45, 7) is 1.58. The van der Waals surface area contributed by atoms with Crippen molar-refractivity contribution in [1.29, 1.82) is 0 Å². The third-order valence-electron chi connectivity index (χ3n) is 3.79. The molecule has 98 valence electrons. The van der Waals surface area contributed by atoms with Crippen molar-refractivity contribution in [3.63, 3.8) is 0 Å². The second-order valence-corrected chi connectivity index (χ2v) is 4.85. The number of nitrogens with zero attached hydrogens (tertiary/aromatic N) is 1. The molecule has 0 bridgehead atoms. The molecular formula is C11H19NO5. The van der Waals surface area contributed by atoms with E-state index in [1.807, 2.05) is 6.92 Å². The highest BCUT2D eigenvalue weighted by Crippen LogP contribution is 2.44. The lowest BCUT2D eigenvalue weighted by Gasteiger charge is -2.31. The standard InChI is InChI=1S/C11H19NO5/c1-2-3-6(14)12-7-5(4-13)9(15)11(17)10(16)8(7)12/h5,7-11,13,15-17H,2-4H2,1H3/t5-,7+,8+,9+,10-,11-,12?/m0/s1. The highest BCUT2D eigenvalue weighted by atomic mass is 16.4. The van der Waals surface area contributed by atoms with E-state index in [4.69, 9.17) is 0 Å². The van der Waals surface area contributed by atoms with Crippen LogP contribution in [0.15, 0.2) is 0 Å². The number of fused-ring (bicyclic) bond motifs is 1. The number of hydrogen-bond acceptors (Lipinski definition) is 5. The van der Waals surface area contributed by atoms with Crippen LogP contribution in [0.1, 0.15) is 19.8 Å². The molecule has 0 unspecified atom stereocenters. The molecule has 1 amide bonds. The van der Waals surface area contributed by atoms with Crippen LogP contribution in [0.25, 0.3) is 0 Å². The van der Waals surface area contributed by atoms with Crippen LogP contribution < -0.4 is 0 Å². The smallest absolute Gasteiger partial charge is 0.223 e. The molecule has 6 nitrogen and oxygen atoms in total. The van der Waals surface area contributed by atoms with Gasteiger partial charge >= 0.3 is 0 Å². The molecule has 0 spiro atoms. The van der Waals surface area contributed by atoms with Crippen molar-refractivity contribution in [2.24, 2.45) is 5.92 Å². The molecule has 4 N–H and O–H groups in total. The van der Waals surface area contributed by atoms with Gasteiger partial charge in [0.15, 0.2) is 0 Å². The molecule has 0 aromatic heterocycles. The topological polar surface area (TPSA) is 101 Å². The Kier molecular flexibility index (Phi) is 3.40.